The number of carbonyl (C=O) groups is 1. The van der Waals surface area contributed by atoms with Gasteiger partial charge in [0.05, 0.1) is 11.1 Å². The molecule has 1 fully saturated rings. The van der Waals surface area contributed by atoms with Crippen LogP contribution in [0.4, 0.5) is 5.82 Å². The average molecular weight is 328 g/mol. The van der Waals surface area contributed by atoms with E-state index >= 15 is 0 Å². The molecule has 1 aliphatic heterocycles. The number of hydrogen-bond acceptors (Lipinski definition) is 5. The first kappa shape index (κ1) is 16.7. The molecule has 0 saturated carbocycles. The monoisotopic (exact) mass is 328 g/mol. The minimum Gasteiger partial charge on any atom is -0.381 e. The molecule has 1 aromatic carbocycles. The fourth-order valence-corrected chi connectivity index (χ4v) is 2.92. The highest BCUT2D eigenvalue weighted by molar-refractivity contribution is 5.88. The minimum absolute atomic E-state index is 0.113. The van der Waals surface area contributed by atoms with Crippen LogP contribution >= 0.6 is 0 Å². The van der Waals surface area contributed by atoms with Crippen molar-refractivity contribution in [3.63, 3.8) is 0 Å². The Labute approximate surface area is 142 Å². The lowest BCUT2D eigenvalue weighted by atomic mass is 9.90. The van der Waals surface area contributed by atoms with Gasteiger partial charge in [0, 0.05) is 39.2 Å². The second-order valence-corrected chi connectivity index (χ2v) is 6.50. The maximum atomic E-state index is 12.5. The Morgan fingerprint density at radius 3 is 2.75 bits per heavy atom. The van der Waals surface area contributed by atoms with Crippen LogP contribution in [0.3, 0.4) is 0 Å². The van der Waals surface area contributed by atoms with E-state index in [-0.39, 0.29) is 5.91 Å². The normalized spacial score (nSPS) is 16.8. The van der Waals surface area contributed by atoms with Gasteiger partial charge >= 0.3 is 0 Å². The number of benzene rings is 1. The predicted molar refractivity (Wildman–Crippen MR) is 94.9 cm³/mol. The molecule has 0 radical (unpaired) electrons. The van der Waals surface area contributed by atoms with Crippen molar-refractivity contribution in [2.24, 2.45) is 5.73 Å². The fraction of sp³-hybridized carbons (Fsp3) is 0.444. The van der Waals surface area contributed by atoms with E-state index in [1.165, 1.54) is 0 Å². The van der Waals surface area contributed by atoms with Crippen LogP contribution in [0.5, 0.6) is 0 Å². The molecule has 0 spiro atoms. The van der Waals surface area contributed by atoms with Crippen molar-refractivity contribution >= 4 is 22.6 Å². The van der Waals surface area contributed by atoms with Crippen molar-refractivity contribution in [2.45, 2.75) is 24.9 Å². The van der Waals surface area contributed by atoms with Crippen LogP contribution in [0.2, 0.25) is 0 Å². The van der Waals surface area contributed by atoms with Crippen LogP contribution in [0.1, 0.15) is 18.4 Å². The van der Waals surface area contributed by atoms with E-state index in [2.05, 4.69) is 10.3 Å². The lowest BCUT2D eigenvalue weighted by Gasteiger charge is -2.31. The molecule has 0 aliphatic carbocycles. The van der Waals surface area contributed by atoms with Crippen LogP contribution in [0.25, 0.3) is 10.9 Å². The van der Waals surface area contributed by atoms with E-state index < -0.39 is 5.54 Å². The molecule has 3 rings (SSSR count). The molecule has 6 heteroatoms. The summed E-state index contributed by atoms with van der Waals surface area (Å²) in [5, 5.41) is 4.04. The smallest absolute Gasteiger partial charge is 0.240 e. The maximum absolute atomic E-state index is 12.5. The molecule has 6 nitrogen and oxygen atoms in total. The highest BCUT2D eigenvalue weighted by atomic mass is 16.5. The van der Waals surface area contributed by atoms with Crippen molar-refractivity contribution in [3.05, 3.63) is 35.9 Å². The van der Waals surface area contributed by atoms with Gasteiger partial charge in [0.25, 0.3) is 0 Å². The first-order valence-corrected chi connectivity index (χ1v) is 8.20. The van der Waals surface area contributed by atoms with Gasteiger partial charge in [-0.25, -0.2) is 4.98 Å². The number of nitrogens with two attached hydrogens (primary N) is 1. The van der Waals surface area contributed by atoms with Crippen LogP contribution in [-0.4, -0.2) is 43.7 Å². The molecule has 1 amide bonds. The van der Waals surface area contributed by atoms with E-state index in [9.17, 15) is 4.79 Å². The van der Waals surface area contributed by atoms with Crippen molar-refractivity contribution in [1.29, 1.82) is 0 Å². The van der Waals surface area contributed by atoms with Crippen LogP contribution < -0.4 is 16.0 Å². The summed E-state index contributed by atoms with van der Waals surface area (Å²) in [6.07, 6.45) is 1.11. The van der Waals surface area contributed by atoms with Gasteiger partial charge in [-0.15, -0.1) is 0 Å². The largest absolute Gasteiger partial charge is 0.381 e. The number of amides is 1. The topological polar surface area (TPSA) is 80.5 Å². The summed E-state index contributed by atoms with van der Waals surface area (Å²) in [5.41, 5.74) is 7.37. The van der Waals surface area contributed by atoms with Crippen molar-refractivity contribution in [3.8, 4) is 0 Å². The summed E-state index contributed by atoms with van der Waals surface area (Å²) in [6.45, 7) is 1.50. The lowest BCUT2D eigenvalue weighted by molar-refractivity contribution is -0.129. The number of nitrogens with zero attached hydrogens (tertiary/aromatic N) is 2. The molecule has 1 saturated heterocycles. The number of hydrogen-bond donors (Lipinski definition) is 2. The number of ether oxygens (including phenoxy) is 1. The molecule has 1 aromatic heterocycles. The number of carbonyl (C=O) groups excluding carboxylic acids is 1. The molecule has 3 N–H and O–H groups in total. The Morgan fingerprint density at radius 2 is 2.04 bits per heavy atom. The number of nitrogens with one attached hydrogen (secondary N) is 1. The third kappa shape index (κ3) is 3.34. The van der Waals surface area contributed by atoms with Crippen molar-refractivity contribution < 1.29 is 9.53 Å². The summed E-state index contributed by atoms with van der Waals surface area (Å²) in [7, 11) is 3.91. The zero-order valence-corrected chi connectivity index (χ0v) is 14.2. The number of rotatable bonds is 4. The van der Waals surface area contributed by atoms with E-state index in [4.69, 9.17) is 10.5 Å². The Hall–Kier alpha value is -2.18. The highest BCUT2D eigenvalue weighted by Gasteiger charge is 2.35. The molecular weight excluding hydrogens is 304 g/mol. The number of anilines is 1. The average Bonchev–Trinajstić information content (AvgIpc) is 2.59. The van der Waals surface area contributed by atoms with Gasteiger partial charge < -0.3 is 20.7 Å². The molecule has 128 valence electrons. The summed E-state index contributed by atoms with van der Waals surface area (Å²) in [6, 6.07) is 9.96. The summed E-state index contributed by atoms with van der Waals surface area (Å²) < 4.78 is 5.30. The number of pyridine rings is 1. The van der Waals surface area contributed by atoms with Gasteiger partial charge in [0.1, 0.15) is 5.82 Å². The minimum atomic E-state index is -0.828. The van der Waals surface area contributed by atoms with Gasteiger partial charge in [-0.1, -0.05) is 18.2 Å². The third-order valence-electron chi connectivity index (χ3n) is 4.52. The van der Waals surface area contributed by atoms with Gasteiger partial charge in [-0.2, -0.15) is 0 Å². The van der Waals surface area contributed by atoms with Gasteiger partial charge in [0.2, 0.25) is 5.91 Å². The lowest BCUT2D eigenvalue weighted by Crippen LogP contribution is -2.56. The van der Waals surface area contributed by atoms with Gasteiger partial charge in [-0.05, 0) is 30.5 Å². The van der Waals surface area contributed by atoms with Gasteiger partial charge in [-0.3, -0.25) is 4.79 Å². The number of para-hydroxylation sites is 1. The Morgan fingerprint density at radius 1 is 1.33 bits per heavy atom. The second-order valence-electron chi connectivity index (χ2n) is 6.50. The summed E-state index contributed by atoms with van der Waals surface area (Å²) >= 11 is 0. The Bertz CT molecular complexity index is 739. The molecule has 24 heavy (non-hydrogen) atoms. The van der Waals surface area contributed by atoms with Crippen LogP contribution in [0.15, 0.2) is 30.3 Å². The zero-order valence-electron chi connectivity index (χ0n) is 14.2. The maximum Gasteiger partial charge on any atom is 0.240 e. The number of aromatic nitrogens is 1. The van der Waals surface area contributed by atoms with E-state index in [0.29, 0.717) is 32.6 Å². The first-order chi connectivity index (χ1) is 11.5. The molecule has 2 heterocycles. The van der Waals surface area contributed by atoms with Crippen molar-refractivity contribution in [1.82, 2.24) is 10.3 Å². The highest BCUT2D eigenvalue weighted by Crippen LogP contribution is 2.23. The Kier molecular flexibility index (Phi) is 4.69. The van der Waals surface area contributed by atoms with Crippen LogP contribution in [0, 0.1) is 0 Å². The summed E-state index contributed by atoms with van der Waals surface area (Å²) in [4.78, 5) is 19.1. The molecular formula is C18H24N4O2. The molecule has 0 bridgehead atoms. The Balaban J connectivity index is 1.82. The molecule has 0 unspecified atom stereocenters. The fourth-order valence-electron chi connectivity index (χ4n) is 2.92. The quantitative estimate of drug-likeness (QED) is 0.887. The van der Waals surface area contributed by atoms with E-state index in [0.717, 1.165) is 22.3 Å². The predicted octanol–water partition coefficient (Wildman–Crippen LogP) is 1.42. The first-order valence-electron chi connectivity index (χ1n) is 8.20. The van der Waals surface area contributed by atoms with Gasteiger partial charge in [0.15, 0.2) is 0 Å². The van der Waals surface area contributed by atoms with Crippen LogP contribution in [-0.2, 0) is 16.1 Å². The van der Waals surface area contributed by atoms with E-state index in [1.54, 1.807) is 0 Å². The van der Waals surface area contributed by atoms with Crippen molar-refractivity contribution in [2.75, 3.05) is 32.2 Å². The third-order valence-corrected chi connectivity index (χ3v) is 4.52. The molecule has 1 aliphatic rings. The van der Waals surface area contributed by atoms with E-state index in [1.807, 2.05) is 49.3 Å². The number of fused-ring (bicyclic) bond motifs is 1. The molecule has 0 atom stereocenters. The second kappa shape index (κ2) is 6.75. The molecule has 2 aromatic rings. The standard InChI is InChI=1S/C18H24N4O2/c1-22(2)16-11-13(14-5-3-4-6-15(14)21-16)12-20-17(23)18(19)7-9-24-10-8-18/h3-6,11H,7-10,12,19H2,1-2H3,(H,20,23). The zero-order chi connectivity index (χ0) is 17.2. The SMILES string of the molecule is CN(C)c1cc(CNC(=O)C2(N)CCOCC2)c2ccccc2n1. The summed E-state index contributed by atoms with van der Waals surface area (Å²) in [5.74, 6) is 0.754.